The first-order valence-electron chi connectivity index (χ1n) is 5.85. The first-order valence-corrected chi connectivity index (χ1v) is 6.23. The molecule has 0 aromatic carbocycles. The highest BCUT2D eigenvalue weighted by Crippen LogP contribution is 2.26. The van der Waals surface area contributed by atoms with Crippen molar-refractivity contribution in [3.8, 4) is 0 Å². The summed E-state index contributed by atoms with van der Waals surface area (Å²) in [5, 5.41) is 4.88. The highest BCUT2D eigenvalue weighted by molar-refractivity contribution is 6.31. The second kappa shape index (κ2) is 5.95. The van der Waals surface area contributed by atoms with Gasteiger partial charge in [0.05, 0.1) is 16.8 Å². The van der Waals surface area contributed by atoms with Gasteiger partial charge in [-0.15, -0.1) is 0 Å². The summed E-state index contributed by atoms with van der Waals surface area (Å²) in [7, 11) is 0. The molecule has 2 rings (SSSR count). The standard InChI is InChI=1S/C12H16ClN5/c1-2-7-18-11(4-6-16-18)12(17-14)9-3-5-15-8-10(9)13/h3-6,8,12,17H,2,7,14H2,1H3. The second-order valence-electron chi connectivity index (χ2n) is 3.98. The molecule has 96 valence electrons. The molecule has 0 bridgehead atoms. The lowest BCUT2D eigenvalue weighted by Gasteiger charge is -2.18. The number of hydrogen-bond donors (Lipinski definition) is 2. The van der Waals surface area contributed by atoms with Crippen LogP contribution in [-0.2, 0) is 6.54 Å². The van der Waals surface area contributed by atoms with Crippen molar-refractivity contribution in [2.45, 2.75) is 25.9 Å². The Labute approximate surface area is 111 Å². The monoisotopic (exact) mass is 265 g/mol. The molecule has 0 aliphatic heterocycles. The van der Waals surface area contributed by atoms with Crippen molar-refractivity contribution < 1.29 is 0 Å². The zero-order valence-electron chi connectivity index (χ0n) is 10.2. The fraction of sp³-hybridized carbons (Fsp3) is 0.333. The van der Waals surface area contributed by atoms with Gasteiger partial charge < -0.3 is 0 Å². The third-order valence-electron chi connectivity index (χ3n) is 2.76. The van der Waals surface area contributed by atoms with Gasteiger partial charge in [0.25, 0.3) is 0 Å². The summed E-state index contributed by atoms with van der Waals surface area (Å²) >= 11 is 6.16. The third kappa shape index (κ3) is 2.53. The number of nitrogens with two attached hydrogens (primary N) is 1. The first-order chi connectivity index (χ1) is 8.77. The quantitative estimate of drug-likeness (QED) is 0.640. The zero-order chi connectivity index (χ0) is 13.0. The molecule has 2 aromatic heterocycles. The molecule has 18 heavy (non-hydrogen) atoms. The van der Waals surface area contributed by atoms with Crippen LogP contribution in [0.2, 0.25) is 5.02 Å². The van der Waals surface area contributed by atoms with Gasteiger partial charge in [-0.1, -0.05) is 18.5 Å². The van der Waals surface area contributed by atoms with Crippen LogP contribution in [0.25, 0.3) is 0 Å². The Morgan fingerprint density at radius 1 is 1.44 bits per heavy atom. The second-order valence-corrected chi connectivity index (χ2v) is 4.38. The molecule has 0 aliphatic rings. The van der Waals surface area contributed by atoms with Gasteiger partial charge in [0, 0.05) is 25.1 Å². The molecule has 0 saturated heterocycles. The van der Waals surface area contributed by atoms with Gasteiger partial charge in [-0.3, -0.25) is 15.5 Å². The maximum Gasteiger partial charge on any atom is 0.0893 e. The molecular weight excluding hydrogens is 250 g/mol. The number of hydrazine groups is 1. The van der Waals surface area contributed by atoms with Crippen molar-refractivity contribution in [3.05, 3.63) is 47.0 Å². The smallest absolute Gasteiger partial charge is 0.0893 e. The predicted octanol–water partition coefficient (Wildman–Crippen LogP) is 1.89. The summed E-state index contributed by atoms with van der Waals surface area (Å²) in [6, 6.07) is 3.61. The molecule has 6 heteroatoms. The molecular formula is C12H16ClN5. The van der Waals surface area contributed by atoms with Gasteiger partial charge >= 0.3 is 0 Å². The topological polar surface area (TPSA) is 68.8 Å². The summed E-state index contributed by atoms with van der Waals surface area (Å²) in [6.45, 7) is 2.96. The molecule has 2 aromatic rings. The van der Waals surface area contributed by atoms with Gasteiger partial charge in [-0.25, -0.2) is 5.43 Å². The number of aromatic nitrogens is 3. The minimum absolute atomic E-state index is 0.186. The van der Waals surface area contributed by atoms with Crippen LogP contribution < -0.4 is 11.3 Å². The fourth-order valence-corrected chi connectivity index (χ4v) is 2.17. The molecule has 0 fully saturated rings. The van der Waals surface area contributed by atoms with E-state index in [0.717, 1.165) is 24.2 Å². The van der Waals surface area contributed by atoms with Crippen LogP contribution in [0.1, 0.15) is 30.6 Å². The van der Waals surface area contributed by atoms with Crippen molar-refractivity contribution in [1.82, 2.24) is 20.2 Å². The molecule has 0 aliphatic carbocycles. The van der Waals surface area contributed by atoms with Crippen LogP contribution in [0.3, 0.4) is 0 Å². The molecule has 3 N–H and O–H groups in total. The average molecular weight is 266 g/mol. The van der Waals surface area contributed by atoms with E-state index in [1.165, 1.54) is 0 Å². The fourth-order valence-electron chi connectivity index (χ4n) is 1.94. The highest BCUT2D eigenvalue weighted by atomic mass is 35.5. The Morgan fingerprint density at radius 3 is 2.94 bits per heavy atom. The Hall–Kier alpha value is -1.43. The first kappa shape index (κ1) is 13.0. The van der Waals surface area contributed by atoms with Crippen LogP contribution in [0.15, 0.2) is 30.7 Å². The van der Waals surface area contributed by atoms with E-state index < -0.39 is 0 Å². The van der Waals surface area contributed by atoms with E-state index in [1.807, 2.05) is 16.8 Å². The van der Waals surface area contributed by atoms with Crippen molar-refractivity contribution >= 4 is 11.6 Å². The van der Waals surface area contributed by atoms with Crippen molar-refractivity contribution in [1.29, 1.82) is 0 Å². The summed E-state index contributed by atoms with van der Waals surface area (Å²) < 4.78 is 1.93. The molecule has 0 spiro atoms. The Balaban J connectivity index is 2.39. The minimum atomic E-state index is -0.186. The van der Waals surface area contributed by atoms with Gasteiger partial charge in [0.2, 0.25) is 0 Å². The number of nitrogens with zero attached hydrogens (tertiary/aromatic N) is 3. The number of hydrogen-bond acceptors (Lipinski definition) is 4. The Morgan fingerprint density at radius 2 is 2.28 bits per heavy atom. The molecule has 0 amide bonds. The summed E-state index contributed by atoms with van der Waals surface area (Å²) in [4.78, 5) is 3.98. The average Bonchev–Trinajstić information content (AvgIpc) is 2.82. The van der Waals surface area contributed by atoms with E-state index in [2.05, 4.69) is 22.4 Å². The van der Waals surface area contributed by atoms with Gasteiger partial charge in [-0.05, 0) is 24.1 Å². The van der Waals surface area contributed by atoms with E-state index in [9.17, 15) is 0 Å². The van der Waals surface area contributed by atoms with Crippen LogP contribution in [0.5, 0.6) is 0 Å². The minimum Gasteiger partial charge on any atom is -0.271 e. The van der Waals surface area contributed by atoms with E-state index in [1.54, 1.807) is 18.6 Å². The number of halogens is 1. The SMILES string of the molecule is CCCn1nccc1C(NN)c1ccncc1Cl. The lowest BCUT2D eigenvalue weighted by atomic mass is 10.1. The van der Waals surface area contributed by atoms with Gasteiger partial charge in [-0.2, -0.15) is 5.10 Å². The van der Waals surface area contributed by atoms with E-state index in [-0.39, 0.29) is 6.04 Å². The number of pyridine rings is 1. The molecule has 0 radical (unpaired) electrons. The van der Waals surface area contributed by atoms with Crippen LogP contribution in [0.4, 0.5) is 0 Å². The zero-order valence-corrected chi connectivity index (χ0v) is 10.9. The van der Waals surface area contributed by atoms with E-state index >= 15 is 0 Å². The maximum atomic E-state index is 6.16. The molecule has 1 unspecified atom stereocenters. The van der Waals surface area contributed by atoms with Crippen LogP contribution in [-0.4, -0.2) is 14.8 Å². The number of rotatable bonds is 5. The summed E-state index contributed by atoms with van der Waals surface area (Å²) in [6.07, 6.45) is 6.09. The predicted molar refractivity (Wildman–Crippen MR) is 70.9 cm³/mol. The lowest BCUT2D eigenvalue weighted by molar-refractivity contribution is 0.521. The lowest BCUT2D eigenvalue weighted by Crippen LogP contribution is -2.31. The number of aryl methyl sites for hydroxylation is 1. The van der Waals surface area contributed by atoms with Crippen molar-refractivity contribution in [2.24, 2.45) is 5.84 Å². The Kier molecular flexibility index (Phi) is 4.30. The van der Waals surface area contributed by atoms with Gasteiger partial charge in [0.15, 0.2) is 0 Å². The third-order valence-corrected chi connectivity index (χ3v) is 3.08. The van der Waals surface area contributed by atoms with Crippen molar-refractivity contribution in [2.75, 3.05) is 0 Å². The van der Waals surface area contributed by atoms with Crippen LogP contribution in [0, 0.1) is 0 Å². The van der Waals surface area contributed by atoms with E-state index in [4.69, 9.17) is 17.4 Å². The normalized spacial score (nSPS) is 12.6. The molecule has 5 nitrogen and oxygen atoms in total. The molecule has 0 saturated carbocycles. The number of nitrogens with one attached hydrogen (secondary N) is 1. The van der Waals surface area contributed by atoms with Crippen LogP contribution >= 0.6 is 11.6 Å². The summed E-state index contributed by atoms with van der Waals surface area (Å²) in [5.74, 6) is 5.66. The van der Waals surface area contributed by atoms with Gasteiger partial charge in [0.1, 0.15) is 0 Å². The molecule has 2 heterocycles. The summed E-state index contributed by atoms with van der Waals surface area (Å²) in [5.41, 5.74) is 4.68. The van der Waals surface area contributed by atoms with Crippen molar-refractivity contribution in [3.63, 3.8) is 0 Å². The Bertz CT molecular complexity index is 511. The van der Waals surface area contributed by atoms with E-state index in [0.29, 0.717) is 5.02 Å². The molecule has 1 atom stereocenters. The maximum absolute atomic E-state index is 6.16. The highest BCUT2D eigenvalue weighted by Gasteiger charge is 2.19. The largest absolute Gasteiger partial charge is 0.271 e.